The molecule has 0 aromatic carbocycles. The summed E-state index contributed by atoms with van der Waals surface area (Å²) in [5, 5.41) is 13.4. The van der Waals surface area contributed by atoms with E-state index in [1.165, 1.54) is 0 Å². The van der Waals surface area contributed by atoms with E-state index < -0.39 is 0 Å². The van der Waals surface area contributed by atoms with Crippen molar-refractivity contribution in [2.24, 2.45) is 5.41 Å². The van der Waals surface area contributed by atoms with Gasteiger partial charge in [0.05, 0.1) is 6.10 Å². The number of hydrogen-bond donors (Lipinski definition) is 2. The zero-order valence-corrected chi connectivity index (χ0v) is 11.9. The van der Waals surface area contributed by atoms with E-state index in [0.717, 1.165) is 45.8 Å². The van der Waals surface area contributed by atoms with Crippen LogP contribution < -0.4 is 5.32 Å². The van der Waals surface area contributed by atoms with E-state index in [9.17, 15) is 5.11 Å². The second-order valence-electron chi connectivity index (χ2n) is 6.46. The van der Waals surface area contributed by atoms with Crippen molar-refractivity contribution in [3.63, 3.8) is 0 Å². The van der Waals surface area contributed by atoms with Crippen molar-refractivity contribution < 1.29 is 5.11 Å². The van der Waals surface area contributed by atoms with E-state index in [1.54, 1.807) is 0 Å². The summed E-state index contributed by atoms with van der Waals surface area (Å²) in [5.74, 6) is 0. The van der Waals surface area contributed by atoms with Gasteiger partial charge < -0.3 is 15.3 Å². The molecule has 0 spiro atoms. The molecule has 102 valence electrons. The quantitative estimate of drug-likeness (QED) is 0.725. The molecule has 0 saturated carbocycles. The molecular weight excluding hydrogens is 214 g/mol. The third kappa shape index (κ3) is 6.99. The van der Waals surface area contributed by atoms with Crippen LogP contribution in [-0.2, 0) is 0 Å². The van der Waals surface area contributed by atoms with Crippen LogP contribution in [0, 0.1) is 5.41 Å². The maximum Gasteiger partial charge on any atom is 0.0793 e. The predicted octanol–water partition coefficient (Wildman–Crippen LogP) is 0.230. The van der Waals surface area contributed by atoms with Crippen LogP contribution in [0.15, 0.2) is 0 Å². The molecule has 1 saturated heterocycles. The van der Waals surface area contributed by atoms with E-state index in [0.29, 0.717) is 5.41 Å². The number of aliphatic hydroxyl groups is 1. The van der Waals surface area contributed by atoms with Gasteiger partial charge in [-0.3, -0.25) is 4.90 Å². The van der Waals surface area contributed by atoms with Crippen molar-refractivity contribution in [2.75, 3.05) is 52.9 Å². The van der Waals surface area contributed by atoms with Gasteiger partial charge in [0.1, 0.15) is 0 Å². The molecule has 1 aliphatic heterocycles. The monoisotopic (exact) mass is 243 g/mol. The third-order valence-corrected chi connectivity index (χ3v) is 2.95. The third-order valence-electron chi connectivity index (χ3n) is 2.95. The maximum absolute atomic E-state index is 10.1. The van der Waals surface area contributed by atoms with Gasteiger partial charge in [0.2, 0.25) is 0 Å². The Morgan fingerprint density at radius 1 is 1.29 bits per heavy atom. The minimum absolute atomic E-state index is 0.236. The highest BCUT2D eigenvalue weighted by Gasteiger charge is 2.18. The Kier molecular flexibility index (Phi) is 5.86. The van der Waals surface area contributed by atoms with E-state index >= 15 is 0 Å². The summed E-state index contributed by atoms with van der Waals surface area (Å²) >= 11 is 0. The SMILES string of the molecule is CN(CC(O)CN1CCNCC1)CC(C)(C)C. The molecule has 4 nitrogen and oxygen atoms in total. The van der Waals surface area contributed by atoms with Gasteiger partial charge in [0.15, 0.2) is 0 Å². The molecule has 1 heterocycles. The fourth-order valence-electron chi connectivity index (χ4n) is 2.48. The fraction of sp³-hybridized carbons (Fsp3) is 1.00. The number of nitrogens with one attached hydrogen (secondary N) is 1. The van der Waals surface area contributed by atoms with Gasteiger partial charge >= 0.3 is 0 Å². The van der Waals surface area contributed by atoms with Crippen LogP contribution in [0.4, 0.5) is 0 Å². The van der Waals surface area contributed by atoms with Gasteiger partial charge in [0.25, 0.3) is 0 Å². The first kappa shape index (κ1) is 14.9. The maximum atomic E-state index is 10.1. The van der Waals surface area contributed by atoms with Gasteiger partial charge in [-0.05, 0) is 12.5 Å². The number of piperazine rings is 1. The summed E-state index contributed by atoms with van der Waals surface area (Å²) in [6.45, 7) is 13.5. The molecule has 0 radical (unpaired) electrons. The van der Waals surface area contributed by atoms with Crippen LogP contribution in [0.5, 0.6) is 0 Å². The van der Waals surface area contributed by atoms with Crippen LogP contribution in [0.1, 0.15) is 20.8 Å². The number of nitrogens with zero attached hydrogens (tertiary/aromatic N) is 2. The van der Waals surface area contributed by atoms with Crippen molar-refractivity contribution in [3.05, 3.63) is 0 Å². The molecule has 1 rings (SSSR count). The average molecular weight is 243 g/mol. The molecule has 4 heteroatoms. The number of rotatable bonds is 5. The second kappa shape index (κ2) is 6.69. The van der Waals surface area contributed by atoms with Crippen molar-refractivity contribution in [2.45, 2.75) is 26.9 Å². The van der Waals surface area contributed by atoms with Crippen LogP contribution in [0.3, 0.4) is 0 Å². The molecule has 0 amide bonds. The number of β-amino-alcohol motifs (C(OH)–C–C–N with tert-alkyl or cyclic N) is 1. The Balaban J connectivity index is 2.21. The molecule has 0 aromatic heterocycles. The lowest BCUT2D eigenvalue weighted by Crippen LogP contribution is -2.48. The van der Waals surface area contributed by atoms with Crippen molar-refractivity contribution in [1.29, 1.82) is 0 Å². The van der Waals surface area contributed by atoms with Crippen LogP contribution in [0.25, 0.3) is 0 Å². The summed E-state index contributed by atoms with van der Waals surface area (Å²) in [6.07, 6.45) is -0.236. The van der Waals surface area contributed by atoms with E-state index in [-0.39, 0.29) is 6.10 Å². The lowest BCUT2D eigenvalue weighted by atomic mass is 9.96. The summed E-state index contributed by atoms with van der Waals surface area (Å²) < 4.78 is 0. The Labute approximate surface area is 106 Å². The molecule has 0 aromatic rings. The van der Waals surface area contributed by atoms with Crippen LogP contribution in [-0.4, -0.2) is 73.9 Å². The van der Waals surface area contributed by atoms with Gasteiger partial charge in [-0.15, -0.1) is 0 Å². The summed E-state index contributed by atoms with van der Waals surface area (Å²) in [6, 6.07) is 0. The highest BCUT2D eigenvalue weighted by Crippen LogP contribution is 2.14. The van der Waals surface area contributed by atoms with E-state index in [1.807, 2.05) is 0 Å². The highest BCUT2D eigenvalue weighted by molar-refractivity contribution is 4.74. The lowest BCUT2D eigenvalue weighted by Gasteiger charge is -2.32. The van der Waals surface area contributed by atoms with Crippen molar-refractivity contribution >= 4 is 0 Å². The first-order valence-corrected chi connectivity index (χ1v) is 6.66. The Morgan fingerprint density at radius 2 is 1.88 bits per heavy atom. The zero-order valence-electron chi connectivity index (χ0n) is 11.9. The minimum Gasteiger partial charge on any atom is -0.390 e. The van der Waals surface area contributed by atoms with Gasteiger partial charge in [-0.1, -0.05) is 20.8 Å². The zero-order chi connectivity index (χ0) is 12.9. The highest BCUT2D eigenvalue weighted by atomic mass is 16.3. The number of aliphatic hydroxyl groups excluding tert-OH is 1. The van der Waals surface area contributed by atoms with Crippen LogP contribution >= 0.6 is 0 Å². The van der Waals surface area contributed by atoms with Crippen molar-refractivity contribution in [1.82, 2.24) is 15.1 Å². The van der Waals surface area contributed by atoms with Crippen molar-refractivity contribution in [3.8, 4) is 0 Å². The molecule has 17 heavy (non-hydrogen) atoms. The first-order valence-electron chi connectivity index (χ1n) is 6.66. The molecular formula is C13H29N3O. The normalized spacial score (nSPS) is 20.8. The summed E-state index contributed by atoms with van der Waals surface area (Å²) in [4.78, 5) is 4.57. The van der Waals surface area contributed by atoms with Crippen LogP contribution in [0.2, 0.25) is 0 Å². The van der Waals surface area contributed by atoms with Gasteiger partial charge in [0, 0.05) is 45.8 Å². The largest absolute Gasteiger partial charge is 0.390 e. The first-order chi connectivity index (χ1) is 7.87. The molecule has 1 aliphatic rings. The number of hydrogen-bond acceptors (Lipinski definition) is 4. The predicted molar refractivity (Wildman–Crippen MR) is 72.3 cm³/mol. The Bertz CT molecular complexity index is 209. The minimum atomic E-state index is -0.236. The lowest BCUT2D eigenvalue weighted by molar-refractivity contribution is 0.0680. The van der Waals surface area contributed by atoms with E-state index in [2.05, 4.69) is 42.9 Å². The van der Waals surface area contributed by atoms with E-state index in [4.69, 9.17) is 0 Å². The van der Waals surface area contributed by atoms with Gasteiger partial charge in [-0.25, -0.2) is 0 Å². The standard InChI is InChI=1S/C13H29N3O/c1-13(2,3)11-15(4)9-12(17)10-16-7-5-14-6-8-16/h12,14,17H,5-11H2,1-4H3. The summed E-state index contributed by atoms with van der Waals surface area (Å²) in [5.41, 5.74) is 0.295. The van der Waals surface area contributed by atoms with Gasteiger partial charge in [-0.2, -0.15) is 0 Å². The Morgan fingerprint density at radius 3 is 2.41 bits per heavy atom. The summed E-state index contributed by atoms with van der Waals surface area (Å²) in [7, 11) is 2.09. The average Bonchev–Trinajstić information content (AvgIpc) is 2.15. The molecule has 1 unspecified atom stereocenters. The molecule has 2 N–H and O–H groups in total. The molecule has 0 aliphatic carbocycles. The fourth-order valence-corrected chi connectivity index (χ4v) is 2.48. The molecule has 1 fully saturated rings. The Hall–Kier alpha value is -0.160. The molecule has 1 atom stereocenters. The smallest absolute Gasteiger partial charge is 0.0793 e. The topological polar surface area (TPSA) is 38.7 Å². The number of likely N-dealkylation sites (N-methyl/N-ethyl adjacent to an activating group) is 1. The second-order valence-corrected chi connectivity index (χ2v) is 6.46. The molecule has 0 bridgehead atoms.